The topological polar surface area (TPSA) is 26.3 Å². The Hall–Kier alpha value is -1.31. The van der Waals surface area contributed by atoms with E-state index in [1.807, 2.05) is 24.3 Å². The number of carbonyl (C=O) groups is 1. The van der Waals surface area contributed by atoms with Crippen LogP contribution in [0.5, 0.6) is 5.75 Å². The maximum Gasteiger partial charge on any atom is 0.314 e. The first kappa shape index (κ1) is 14.1. The Balaban J connectivity index is 2.12. The van der Waals surface area contributed by atoms with Gasteiger partial charge in [-0.2, -0.15) is 0 Å². The van der Waals surface area contributed by atoms with E-state index in [1.54, 1.807) is 0 Å². The molecule has 1 aromatic rings. The molecule has 0 bridgehead atoms. The van der Waals surface area contributed by atoms with Crippen molar-refractivity contribution in [2.75, 3.05) is 0 Å². The van der Waals surface area contributed by atoms with Crippen molar-refractivity contribution in [2.45, 2.75) is 58.3 Å². The van der Waals surface area contributed by atoms with E-state index < -0.39 is 0 Å². The normalized spacial score (nSPS) is 17.2. The van der Waals surface area contributed by atoms with Crippen LogP contribution in [-0.4, -0.2) is 5.97 Å². The molecule has 0 saturated heterocycles. The van der Waals surface area contributed by atoms with Crippen molar-refractivity contribution in [3.63, 3.8) is 0 Å². The van der Waals surface area contributed by atoms with Gasteiger partial charge < -0.3 is 4.74 Å². The van der Waals surface area contributed by atoms with Crippen molar-refractivity contribution in [1.82, 2.24) is 0 Å². The van der Waals surface area contributed by atoms with E-state index in [4.69, 9.17) is 4.74 Å². The molecular formula is C17H24O2. The lowest BCUT2D eigenvalue weighted by Gasteiger charge is -2.24. The van der Waals surface area contributed by atoms with Gasteiger partial charge in [0.05, 0.1) is 5.92 Å². The lowest BCUT2D eigenvalue weighted by Crippen LogP contribution is -2.24. The summed E-state index contributed by atoms with van der Waals surface area (Å²) in [5.41, 5.74) is 1.09. The molecule has 1 aromatic carbocycles. The van der Waals surface area contributed by atoms with Gasteiger partial charge in [-0.1, -0.05) is 58.2 Å². The molecule has 1 aliphatic carbocycles. The summed E-state index contributed by atoms with van der Waals surface area (Å²) in [4.78, 5) is 12.2. The van der Waals surface area contributed by atoms with Crippen LogP contribution in [0.3, 0.4) is 0 Å². The van der Waals surface area contributed by atoms with Crippen LogP contribution in [0.15, 0.2) is 24.3 Å². The molecule has 2 heteroatoms. The summed E-state index contributed by atoms with van der Waals surface area (Å²) in [6.45, 7) is 6.42. The van der Waals surface area contributed by atoms with E-state index >= 15 is 0 Å². The SMILES string of the molecule is CC(C)(C)c1ccccc1OC(=O)C1CCCCC1. The van der Waals surface area contributed by atoms with Gasteiger partial charge in [0.2, 0.25) is 0 Å². The molecule has 0 N–H and O–H groups in total. The fourth-order valence-electron chi connectivity index (χ4n) is 2.71. The van der Waals surface area contributed by atoms with Crippen LogP contribution >= 0.6 is 0 Å². The minimum absolute atomic E-state index is 0.0105. The first-order valence-electron chi connectivity index (χ1n) is 7.29. The van der Waals surface area contributed by atoms with E-state index in [0.717, 1.165) is 37.0 Å². The second-order valence-electron chi connectivity index (χ2n) is 6.50. The van der Waals surface area contributed by atoms with Crippen LogP contribution in [0.1, 0.15) is 58.4 Å². The number of rotatable bonds is 2. The molecule has 0 amide bonds. The molecule has 0 aliphatic heterocycles. The van der Waals surface area contributed by atoms with Gasteiger partial charge in [-0.15, -0.1) is 0 Å². The first-order valence-corrected chi connectivity index (χ1v) is 7.29. The fraction of sp³-hybridized carbons (Fsp3) is 0.588. The van der Waals surface area contributed by atoms with Gasteiger partial charge in [0.15, 0.2) is 0 Å². The molecular weight excluding hydrogens is 236 g/mol. The molecule has 1 aliphatic rings. The van der Waals surface area contributed by atoms with E-state index in [-0.39, 0.29) is 17.3 Å². The third-order valence-corrected chi connectivity index (χ3v) is 3.84. The van der Waals surface area contributed by atoms with Crippen LogP contribution in [0.2, 0.25) is 0 Å². The molecule has 2 rings (SSSR count). The van der Waals surface area contributed by atoms with Crippen LogP contribution in [0.4, 0.5) is 0 Å². The maximum atomic E-state index is 12.2. The number of esters is 1. The second kappa shape index (κ2) is 5.77. The van der Waals surface area contributed by atoms with Crippen molar-refractivity contribution >= 4 is 5.97 Å². The average Bonchev–Trinajstić information content (AvgIpc) is 2.39. The second-order valence-corrected chi connectivity index (χ2v) is 6.50. The van der Waals surface area contributed by atoms with Crippen molar-refractivity contribution in [2.24, 2.45) is 5.92 Å². The van der Waals surface area contributed by atoms with Crippen molar-refractivity contribution in [1.29, 1.82) is 0 Å². The Labute approximate surface area is 116 Å². The van der Waals surface area contributed by atoms with Gasteiger partial charge in [-0.05, 0) is 24.3 Å². The quantitative estimate of drug-likeness (QED) is 0.579. The van der Waals surface area contributed by atoms with Gasteiger partial charge in [0.25, 0.3) is 0 Å². The Bertz CT molecular complexity index is 437. The lowest BCUT2D eigenvalue weighted by molar-refractivity contribution is -0.140. The predicted octanol–water partition coefficient (Wildman–Crippen LogP) is 4.47. The minimum Gasteiger partial charge on any atom is -0.426 e. The Morgan fingerprint density at radius 2 is 1.74 bits per heavy atom. The van der Waals surface area contributed by atoms with Crippen LogP contribution in [0, 0.1) is 5.92 Å². The van der Waals surface area contributed by atoms with Gasteiger partial charge in [0.1, 0.15) is 5.75 Å². The highest BCUT2D eigenvalue weighted by Crippen LogP contribution is 2.32. The van der Waals surface area contributed by atoms with Gasteiger partial charge in [-0.3, -0.25) is 4.79 Å². The summed E-state index contributed by atoms with van der Waals surface area (Å²) in [5, 5.41) is 0. The van der Waals surface area contributed by atoms with Gasteiger partial charge in [-0.25, -0.2) is 0 Å². The molecule has 1 saturated carbocycles. The van der Waals surface area contributed by atoms with Crippen molar-refractivity contribution < 1.29 is 9.53 Å². The van der Waals surface area contributed by atoms with Crippen LogP contribution in [-0.2, 0) is 10.2 Å². The van der Waals surface area contributed by atoms with E-state index in [2.05, 4.69) is 20.8 Å². The molecule has 0 aromatic heterocycles. The summed E-state index contributed by atoms with van der Waals surface area (Å²) in [6.07, 6.45) is 5.52. The largest absolute Gasteiger partial charge is 0.426 e. The summed E-state index contributed by atoms with van der Waals surface area (Å²) < 4.78 is 5.67. The van der Waals surface area contributed by atoms with Crippen molar-refractivity contribution in [3.05, 3.63) is 29.8 Å². The number of benzene rings is 1. The molecule has 0 spiro atoms. The third-order valence-electron chi connectivity index (χ3n) is 3.84. The van der Waals surface area contributed by atoms with E-state index in [1.165, 1.54) is 6.42 Å². The molecule has 104 valence electrons. The molecule has 2 nitrogen and oxygen atoms in total. The molecule has 0 heterocycles. The highest BCUT2D eigenvalue weighted by Gasteiger charge is 2.25. The smallest absolute Gasteiger partial charge is 0.314 e. The Morgan fingerprint density at radius 3 is 2.37 bits per heavy atom. The number of carbonyl (C=O) groups excluding carboxylic acids is 1. The van der Waals surface area contributed by atoms with Gasteiger partial charge >= 0.3 is 5.97 Å². The first-order chi connectivity index (χ1) is 8.98. The number of para-hydroxylation sites is 1. The maximum absolute atomic E-state index is 12.2. The standard InChI is InChI=1S/C17H24O2/c1-17(2,3)14-11-7-8-12-15(14)19-16(18)13-9-5-4-6-10-13/h7-8,11-13H,4-6,9-10H2,1-3H3. The minimum atomic E-state index is -0.0450. The Kier molecular flexibility index (Phi) is 4.28. The van der Waals surface area contributed by atoms with Crippen molar-refractivity contribution in [3.8, 4) is 5.75 Å². The zero-order valence-electron chi connectivity index (χ0n) is 12.2. The highest BCUT2D eigenvalue weighted by molar-refractivity contribution is 5.75. The number of hydrogen-bond acceptors (Lipinski definition) is 2. The zero-order valence-corrected chi connectivity index (χ0v) is 12.2. The predicted molar refractivity (Wildman–Crippen MR) is 77.4 cm³/mol. The number of ether oxygens (including phenoxy) is 1. The van der Waals surface area contributed by atoms with Gasteiger partial charge in [0, 0.05) is 5.56 Å². The molecule has 1 fully saturated rings. The zero-order chi connectivity index (χ0) is 13.9. The lowest BCUT2D eigenvalue weighted by atomic mass is 9.86. The van der Waals surface area contributed by atoms with Crippen LogP contribution < -0.4 is 4.74 Å². The summed E-state index contributed by atoms with van der Waals surface area (Å²) in [6, 6.07) is 7.88. The van der Waals surface area contributed by atoms with E-state index in [9.17, 15) is 4.79 Å². The monoisotopic (exact) mass is 260 g/mol. The Morgan fingerprint density at radius 1 is 1.11 bits per heavy atom. The molecule has 0 radical (unpaired) electrons. The summed E-state index contributed by atoms with van der Waals surface area (Å²) in [7, 11) is 0. The average molecular weight is 260 g/mol. The number of hydrogen-bond donors (Lipinski definition) is 0. The van der Waals surface area contributed by atoms with Crippen LogP contribution in [0.25, 0.3) is 0 Å². The summed E-state index contributed by atoms with van der Waals surface area (Å²) in [5.74, 6) is 0.781. The summed E-state index contributed by atoms with van der Waals surface area (Å²) >= 11 is 0. The molecule has 19 heavy (non-hydrogen) atoms. The molecule has 0 atom stereocenters. The highest BCUT2D eigenvalue weighted by atomic mass is 16.5. The third kappa shape index (κ3) is 3.59. The molecule has 0 unspecified atom stereocenters. The van der Waals surface area contributed by atoms with E-state index in [0.29, 0.717) is 0 Å². The fourth-order valence-corrected chi connectivity index (χ4v) is 2.71.